The van der Waals surface area contributed by atoms with Gasteiger partial charge in [-0.05, 0) is 32.2 Å². The lowest BCUT2D eigenvalue weighted by atomic mass is 9.89. The van der Waals surface area contributed by atoms with Gasteiger partial charge in [0.25, 0.3) is 0 Å². The highest BCUT2D eigenvalue weighted by Gasteiger charge is 2.31. The van der Waals surface area contributed by atoms with Gasteiger partial charge < -0.3 is 4.74 Å². The summed E-state index contributed by atoms with van der Waals surface area (Å²) in [5, 5.41) is 0. The Labute approximate surface area is 105 Å². The van der Waals surface area contributed by atoms with Crippen LogP contribution in [0.3, 0.4) is 0 Å². The highest BCUT2D eigenvalue weighted by Crippen LogP contribution is 2.29. The van der Waals surface area contributed by atoms with Crippen LogP contribution in [0.4, 0.5) is 0 Å². The van der Waals surface area contributed by atoms with Crippen LogP contribution in [-0.4, -0.2) is 36.6 Å². The smallest absolute Gasteiger partial charge is 0.307 e. The molecule has 0 bridgehead atoms. The fraction of sp³-hybridized carbons (Fsp3) is 0.929. The Morgan fingerprint density at radius 2 is 1.82 bits per heavy atom. The summed E-state index contributed by atoms with van der Waals surface area (Å²) in [5.74, 6) is -0.0438. The number of ether oxygens (including phenoxy) is 1. The van der Waals surface area contributed by atoms with E-state index in [1.165, 1.54) is 65.0 Å². The Hall–Kier alpha value is -0.570. The van der Waals surface area contributed by atoms with E-state index in [1.54, 1.807) is 0 Å². The summed E-state index contributed by atoms with van der Waals surface area (Å²) < 4.78 is 4.82. The van der Waals surface area contributed by atoms with E-state index in [0.717, 1.165) is 6.04 Å². The van der Waals surface area contributed by atoms with Crippen molar-refractivity contribution in [3.63, 3.8) is 0 Å². The first kappa shape index (κ1) is 12.9. The molecular formula is C14H25NO2. The van der Waals surface area contributed by atoms with E-state index in [1.807, 2.05) is 0 Å². The second kappa shape index (κ2) is 6.39. The van der Waals surface area contributed by atoms with Gasteiger partial charge in [0.05, 0.1) is 13.5 Å². The maximum absolute atomic E-state index is 11.5. The van der Waals surface area contributed by atoms with Gasteiger partial charge in [-0.1, -0.05) is 25.7 Å². The molecule has 2 aliphatic rings. The molecule has 1 aliphatic heterocycles. The fourth-order valence-corrected chi connectivity index (χ4v) is 3.41. The molecule has 0 N–H and O–H groups in total. The van der Waals surface area contributed by atoms with E-state index < -0.39 is 0 Å². The van der Waals surface area contributed by atoms with Crippen molar-refractivity contribution >= 4 is 5.97 Å². The molecule has 0 radical (unpaired) electrons. The number of carbonyl (C=O) groups is 1. The Kier molecular flexibility index (Phi) is 4.84. The summed E-state index contributed by atoms with van der Waals surface area (Å²) in [4.78, 5) is 14.1. The predicted octanol–water partition coefficient (Wildman–Crippen LogP) is 2.74. The van der Waals surface area contributed by atoms with Crippen molar-refractivity contribution in [1.82, 2.24) is 4.90 Å². The first-order valence-electron chi connectivity index (χ1n) is 7.14. The van der Waals surface area contributed by atoms with Crippen LogP contribution < -0.4 is 0 Å². The number of hydrogen-bond donors (Lipinski definition) is 0. The lowest BCUT2D eigenvalue weighted by Gasteiger charge is -2.42. The number of hydrogen-bond acceptors (Lipinski definition) is 3. The summed E-state index contributed by atoms with van der Waals surface area (Å²) in [6.45, 7) is 1.19. The first-order valence-corrected chi connectivity index (χ1v) is 7.14. The molecule has 1 aliphatic carbocycles. The molecule has 0 aromatic rings. The maximum atomic E-state index is 11.5. The molecule has 0 amide bonds. The van der Waals surface area contributed by atoms with E-state index in [-0.39, 0.29) is 5.97 Å². The summed E-state index contributed by atoms with van der Waals surface area (Å²) in [6.07, 6.45) is 11.1. The zero-order chi connectivity index (χ0) is 12.1. The molecule has 98 valence electrons. The molecule has 1 saturated heterocycles. The zero-order valence-corrected chi connectivity index (χ0v) is 11.0. The number of rotatable bonds is 3. The average molecular weight is 239 g/mol. The van der Waals surface area contributed by atoms with E-state index >= 15 is 0 Å². The third-order valence-electron chi connectivity index (χ3n) is 4.35. The maximum Gasteiger partial charge on any atom is 0.307 e. The van der Waals surface area contributed by atoms with Gasteiger partial charge in [0.2, 0.25) is 0 Å². The molecule has 17 heavy (non-hydrogen) atoms. The minimum Gasteiger partial charge on any atom is -0.469 e. The number of nitrogens with zero attached hydrogens (tertiary/aromatic N) is 1. The van der Waals surface area contributed by atoms with Crippen LogP contribution in [0.1, 0.15) is 57.8 Å². The number of carbonyl (C=O) groups excluding carboxylic acids is 1. The van der Waals surface area contributed by atoms with E-state index in [2.05, 4.69) is 4.90 Å². The second-order valence-corrected chi connectivity index (χ2v) is 5.46. The molecular weight excluding hydrogens is 214 g/mol. The van der Waals surface area contributed by atoms with Gasteiger partial charge in [-0.25, -0.2) is 0 Å². The number of piperidine rings is 1. The molecule has 1 heterocycles. The van der Waals surface area contributed by atoms with Crippen molar-refractivity contribution in [2.75, 3.05) is 13.7 Å². The molecule has 3 heteroatoms. The summed E-state index contributed by atoms with van der Waals surface area (Å²) in [6, 6.07) is 1.18. The highest BCUT2D eigenvalue weighted by molar-refractivity contribution is 5.69. The number of likely N-dealkylation sites (tertiary alicyclic amines) is 1. The molecule has 0 spiro atoms. The Bertz CT molecular complexity index is 249. The molecule has 1 saturated carbocycles. The SMILES string of the molecule is COC(=O)CC1CCCCN1C1CCCCC1. The van der Waals surface area contributed by atoms with Crippen molar-refractivity contribution < 1.29 is 9.53 Å². The van der Waals surface area contributed by atoms with Crippen LogP contribution in [0, 0.1) is 0 Å². The average Bonchev–Trinajstić information content (AvgIpc) is 2.40. The highest BCUT2D eigenvalue weighted by atomic mass is 16.5. The van der Waals surface area contributed by atoms with Crippen molar-refractivity contribution in [2.24, 2.45) is 0 Å². The number of methoxy groups -OCH3 is 1. The molecule has 1 atom stereocenters. The molecule has 1 unspecified atom stereocenters. The van der Waals surface area contributed by atoms with Crippen molar-refractivity contribution in [2.45, 2.75) is 69.9 Å². The Morgan fingerprint density at radius 1 is 1.12 bits per heavy atom. The molecule has 2 rings (SSSR count). The normalized spacial score (nSPS) is 27.9. The van der Waals surface area contributed by atoms with Crippen LogP contribution in [0.2, 0.25) is 0 Å². The fourth-order valence-electron chi connectivity index (χ4n) is 3.41. The topological polar surface area (TPSA) is 29.5 Å². The van der Waals surface area contributed by atoms with Gasteiger partial charge in [0.15, 0.2) is 0 Å². The van der Waals surface area contributed by atoms with Crippen LogP contribution in [-0.2, 0) is 9.53 Å². The molecule has 0 aromatic carbocycles. The van der Waals surface area contributed by atoms with Crippen LogP contribution in [0.25, 0.3) is 0 Å². The minimum atomic E-state index is -0.0438. The monoisotopic (exact) mass is 239 g/mol. The quantitative estimate of drug-likeness (QED) is 0.709. The van der Waals surface area contributed by atoms with Gasteiger partial charge in [-0.3, -0.25) is 9.69 Å². The zero-order valence-electron chi connectivity index (χ0n) is 11.0. The van der Waals surface area contributed by atoms with Crippen LogP contribution >= 0.6 is 0 Å². The van der Waals surface area contributed by atoms with E-state index in [4.69, 9.17) is 4.74 Å². The lowest BCUT2D eigenvalue weighted by molar-refractivity contribution is -0.142. The standard InChI is InChI=1S/C14H25NO2/c1-17-14(16)11-13-9-5-6-10-15(13)12-7-3-2-4-8-12/h12-13H,2-11H2,1H3. The van der Waals surface area contributed by atoms with Crippen molar-refractivity contribution in [3.8, 4) is 0 Å². The summed E-state index contributed by atoms with van der Waals surface area (Å²) >= 11 is 0. The van der Waals surface area contributed by atoms with Crippen LogP contribution in [0.5, 0.6) is 0 Å². The lowest BCUT2D eigenvalue weighted by Crippen LogP contribution is -2.47. The van der Waals surface area contributed by atoms with Gasteiger partial charge in [0.1, 0.15) is 0 Å². The predicted molar refractivity (Wildman–Crippen MR) is 67.9 cm³/mol. The third-order valence-corrected chi connectivity index (χ3v) is 4.35. The largest absolute Gasteiger partial charge is 0.469 e. The minimum absolute atomic E-state index is 0.0438. The molecule has 2 fully saturated rings. The van der Waals surface area contributed by atoms with Gasteiger partial charge >= 0.3 is 5.97 Å². The molecule has 3 nitrogen and oxygen atoms in total. The van der Waals surface area contributed by atoms with Gasteiger partial charge in [-0.2, -0.15) is 0 Å². The van der Waals surface area contributed by atoms with Crippen molar-refractivity contribution in [3.05, 3.63) is 0 Å². The third kappa shape index (κ3) is 3.44. The van der Waals surface area contributed by atoms with E-state index in [0.29, 0.717) is 12.5 Å². The first-order chi connectivity index (χ1) is 8.31. The summed E-state index contributed by atoms with van der Waals surface area (Å²) in [5.41, 5.74) is 0. The van der Waals surface area contributed by atoms with Crippen LogP contribution in [0.15, 0.2) is 0 Å². The molecule has 0 aromatic heterocycles. The Balaban J connectivity index is 1.93. The summed E-state index contributed by atoms with van der Waals surface area (Å²) in [7, 11) is 1.50. The second-order valence-electron chi connectivity index (χ2n) is 5.46. The van der Waals surface area contributed by atoms with Gasteiger partial charge in [0, 0.05) is 12.1 Å². The van der Waals surface area contributed by atoms with Crippen molar-refractivity contribution in [1.29, 1.82) is 0 Å². The number of esters is 1. The van der Waals surface area contributed by atoms with Gasteiger partial charge in [-0.15, -0.1) is 0 Å². The van der Waals surface area contributed by atoms with E-state index in [9.17, 15) is 4.79 Å². The Morgan fingerprint density at radius 3 is 2.53 bits per heavy atom.